The molecule has 0 saturated carbocycles. The molecule has 1 aliphatic rings. The van der Waals surface area contributed by atoms with E-state index in [2.05, 4.69) is 0 Å². The van der Waals surface area contributed by atoms with Gasteiger partial charge in [0.05, 0.1) is 66.2 Å². The summed E-state index contributed by atoms with van der Waals surface area (Å²) in [6, 6.07) is 60.8. The molecule has 8 bridgehead atoms. The minimum atomic E-state index is -0.417. The first-order valence-electron chi connectivity index (χ1n) is 22.9. The molecule has 5 heterocycles. The first kappa shape index (κ1) is 51.5. The molecule has 75 heavy (non-hydrogen) atoms. The van der Waals surface area contributed by atoms with Crippen LogP contribution in [0.2, 0.25) is 0 Å². The van der Waals surface area contributed by atoms with E-state index in [1.54, 1.807) is 60.7 Å². The van der Waals surface area contributed by atoms with Crippen molar-refractivity contribution in [1.29, 1.82) is 0 Å². The van der Waals surface area contributed by atoms with E-state index in [1.165, 1.54) is 48.5 Å². The molecule has 10 aromatic rings. The zero-order valence-electron chi connectivity index (χ0n) is 40.2. The zero-order valence-corrected chi connectivity index (χ0v) is 43.1. The Hall–Kier alpha value is -9.86. The second kappa shape index (κ2) is 22.7. The number of rotatable bonds is 8. The van der Waals surface area contributed by atoms with Crippen LogP contribution in [0.1, 0.15) is 78.9 Å². The second-order valence-electron chi connectivity index (χ2n) is 16.9. The number of nitrogens with zero attached hydrogens (tertiary/aromatic N) is 8. The fourth-order valence-electron chi connectivity index (χ4n) is 8.31. The largest absolute Gasteiger partial charge is 0.628 e. The Morgan fingerprint density at radius 2 is 0.467 bits per heavy atom. The van der Waals surface area contributed by atoms with Gasteiger partial charge in [-0.15, -0.1) is 0 Å². The van der Waals surface area contributed by atoms with Gasteiger partial charge >= 0.3 is 0 Å². The number of benzene rings is 6. The Labute approximate surface area is 442 Å². The van der Waals surface area contributed by atoms with Crippen molar-refractivity contribution in [3.05, 3.63) is 349 Å². The van der Waals surface area contributed by atoms with E-state index >= 15 is 0 Å². The SMILES string of the molecule is Cc1ccc([C+]2c3ccc([n-]3)[C+](c3ccc([N+](=O)[O-])cc3)c3ccc([n-]3)[C+](c3ccc(C)cc3)c3ccc([n-]3)[C+](c3ccc([N+](=O)[O-])cc3)c3ccc2[n-]3)cc1.O=[N+]([O-])c1ccccc1.O=[N+]([O-])c1ccccc1.[Zn]. The van der Waals surface area contributed by atoms with Crippen LogP contribution < -0.4 is 19.9 Å². The Balaban J connectivity index is 0.000000332. The number of para-hydroxylation sites is 2. The van der Waals surface area contributed by atoms with Crippen LogP contribution in [-0.2, 0) is 19.5 Å². The summed E-state index contributed by atoms with van der Waals surface area (Å²) < 4.78 is 0. The fraction of sp³-hybridized carbons (Fsp3) is 0.0345. The van der Waals surface area contributed by atoms with Crippen molar-refractivity contribution in [1.82, 2.24) is 19.9 Å². The fourth-order valence-corrected chi connectivity index (χ4v) is 8.31. The first-order valence-corrected chi connectivity index (χ1v) is 22.9. The van der Waals surface area contributed by atoms with Gasteiger partial charge in [-0.1, -0.05) is 36.4 Å². The third-order valence-corrected chi connectivity index (χ3v) is 12.0. The van der Waals surface area contributed by atoms with E-state index in [4.69, 9.17) is 19.9 Å². The van der Waals surface area contributed by atoms with Gasteiger partial charge in [0.2, 0.25) is 0 Å². The smallest absolute Gasteiger partial charge is 0.284 e. The number of fused-ring (bicyclic) bond motifs is 8. The van der Waals surface area contributed by atoms with Crippen molar-refractivity contribution in [2.24, 2.45) is 0 Å². The summed E-state index contributed by atoms with van der Waals surface area (Å²) in [6.45, 7) is 4.07. The molecule has 0 atom stereocenters. The van der Waals surface area contributed by atoms with Crippen LogP contribution in [0.5, 0.6) is 0 Å². The van der Waals surface area contributed by atoms with E-state index in [0.717, 1.165) is 57.1 Å². The van der Waals surface area contributed by atoms with Gasteiger partial charge in [-0.3, -0.25) is 40.5 Å². The molecule has 0 fully saturated rings. The van der Waals surface area contributed by atoms with Gasteiger partial charge in [-0.05, 0) is 94.8 Å². The normalized spacial score (nSPS) is 11.5. The van der Waals surface area contributed by atoms with Gasteiger partial charge in [0.1, 0.15) is 0 Å². The summed E-state index contributed by atoms with van der Waals surface area (Å²) >= 11 is 0. The molecule has 0 spiro atoms. The molecule has 1 aliphatic heterocycles. The molecule has 0 radical (unpaired) electrons. The van der Waals surface area contributed by atoms with Crippen molar-refractivity contribution in [2.75, 3.05) is 0 Å². The summed E-state index contributed by atoms with van der Waals surface area (Å²) in [6.07, 6.45) is 0. The first-order chi connectivity index (χ1) is 35.8. The van der Waals surface area contributed by atoms with E-state index in [-0.39, 0.29) is 42.2 Å². The number of aryl methyl sites for hydroxylation is 2. The molecular formula is C58H40N8O8Zn. The minimum absolute atomic E-state index is 0. The molecule has 6 aromatic carbocycles. The van der Waals surface area contributed by atoms with Crippen LogP contribution >= 0.6 is 0 Å². The maximum Gasteiger partial charge on any atom is 0.284 e. The Kier molecular flexibility index (Phi) is 15.6. The molecule has 0 N–H and O–H groups in total. The van der Waals surface area contributed by atoms with Crippen LogP contribution in [0.25, 0.3) is 0 Å². The number of hydrogen-bond donors (Lipinski definition) is 0. The zero-order chi connectivity index (χ0) is 51.9. The van der Waals surface area contributed by atoms with Crippen LogP contribution in [0.15, 0.2) is 206 Å². The topological polar surface area (TPSA) is 229 Å². The summed E-state index contributed by atoms with van der Waals surface area (Å²) in [4.78, 5) is 62.5. The van der Waals surface area contributed by atoms with E-state index in [1.807, 2.05) is 111 Å². The minimum Gasteiger partial charge on any atom is -0.628 e. The number of nitro benzene ring substituents is 4. The summed E-state index contributed by atoms with van der Waals surface area (Å²) in [5.41, 5.74) is 11.1. The van der Waals surface area contributed by atoms with Crippen molar-refractivity contribution in [3.63, 3.8) is 0 Å². The Morgan fingerprint density at radius 1 is 0.280 bits per heavy atom. The van der Waals surface area contributed by atoms with Crippen LogP contribution in [0.4, 0.5) is 22.7 Å². The number of aromatic nitrogens is 4. The van der Waals surface area contributed by atoms with Gasteiger partial charge in [-0.2, -0.15) is 0 Å². The third kappa shape index (κ3) is 11.6. The molecule has 17 heteroatoms. The van der Waals surface area contributed by atoms with Gasteiger partial charge in [0.15, 0.2) is 0 Å². The number of nitro groups is 4. The van der Waals surface area contributed by atoms with Gasteiger partial charge < -0.3 is 19.9 Å². The molecule has 4 aromatic heterocycles. The number of non-ortho nitro benzene ring substituents is 4. The summed E-state index contributed by atoms with van der Waals surface area (Å²) in [5.74, 6) is 3.06. The molecule has 0 aliphatic carbocycles. The van der Waals surface area contributed by atoms with Crippen LogP contribution in [0, 0.1) is 78.0 Å². The van der Waals surface area contributed by atoms with Crippen molar-refractivity contribution < 1.29 is 39.2 Å². The predicted octanol–water partition coefficient (Wildman–Crippen LogP) is 11.5. The molecule has 0 saturated heterocycles. The van der Waals surface area contributed by atoms with Gasteiger partial charge in [-0.25, -0.2) is 0 Å². The quantitative estimate of drug-likeness (QED) is 0.0599. The van der Waals surface area contributed by atoms with Crippen molar-refractivity contribution in [2.45, 2.75) is 13.8 Å². The van der Waals surface area contributed by atoms with Crippen LogP contribution in [0.3, 0.4) is 0 Å². The average molecular weight is 1040 g/mol. The maximum absolute atomic E-state index is 11.6. The van der Waals surface area contributed by atoms with Crippen LogP contribution in [-0.4, -0.2) is 19.7 Å². The third-order valence-electron chi connectivity index (χ3n) is 12.0. The molecule has 11 rings (SSSR count). The summed E-state index contributed by atoms with van der Waals surface area (Å²) in [7, 11) is 0. The van der Waals surface area contributed by atoms with E-state index < -0.39 is 19.7 Å². The second-order valence-corrected chi connectivity index (χ2v) is 16.9. The predicted molar refractivity (Wildman–Crippen MR) is 276 cm³/mol. The van der Waals surface area contributed by atoms with Gasteiger partial charge in [0, 0.05) is 164 Å². The molecule has 0 amide bonds. The molecule has 0 unspecified atom stereocenters. The summed E-state index contributed by atoms with van der Waals surface area (Å²) in [5, 5.41) is 43.2. The molecular weight excluding hydrogens is 1000 g/mol. The standard InChI is InChI=1S/C46H30N6O4.2C6H5NO2.Zn/c1-27-3-7-29(8-4-27)43-35-19-23-39(47-35)45(31-11-15-33(16-12-31)51(53)54)41-25-21-37(49-41)44(30-9-5-28(2)6-10-30)38-22-26-42(50-38)46(40-24-20-36(43)48-40)32-13-17-34(18-14-32)52(55)56;2*8-7(9)6-4-2-1-3-5-6;/h3-26H,1-2H3;2*1-5H;. The van der Waals surface area contributed by atoms with Gasteiger partial charge in [0.25, 0.3) is 22.7 Å². The average Bonchev–Trinajstić information content (AvgIpc) is 4.28. The van der Waals surface area contributed by atoms with E-state index in [9.17, 15) is 40.5 Å². The molecule has 16 nitrogen and oxygen atoms in total. The molecule has 362 valence electrons. The number of hydrogen-bond acceptors (Lipinski definition) is 8. The Bertz CT molecular complexity index is 3230. The van der Waals surface area contributed by atoms with Crippen molar-refractivity contribution >= 4 is 22.7 Å². The monoisotopic (exact) mass is 1040 g/mol. The van der Waals surface area contributed by atoms with E-state index in [0.29, 0.717) is 45.6 Å². The Morgan fingerprint density at radius 3 is 0.653 bits per heavy atom. The maximum atomic E-state index is 11.6. The van der Waals surface area contributed by atoms with Crippen molar-refractivity contribution in [3.8, 4) is 0 Å².